The molecule has 0 N–H and O–H groups in total. The Bertz CT molecular complexity index is 51.4. The van der Waals surface area contributed by atoms with E-state index in [1.165, 1.54) is 0 Å². The third-order valence-electron chi connectivity index (χ3n) is 0.488. The summed E-state index contributed by atoms with van der Waals surface area (Å²) in [5, 5.41) is 0. The highest BCUT2D eigenvalue weighted by Gasteiger charge is 2.11. The second kappa shape index (κ2) is 2.86. The second-order valence-electron chi connectivity index (χ2n) is 2.37. The highest BCUT2D eigenvalue weighted by molar-refractivity contribution is 6.94. The van der Waals surface area contributed by atoms with Gasteiger partial charge < -0.3 is 4.12 Å². The van der Waals surface area contributed by atoms with E-state index >= 15 is 0 Å². The first-order valence-corrected chi connectivity index (χ1v) is 8.38. The van der Waals surface area contributed by atoms with Crippen molar-refractivity contribution in [1.29, 1.82) is 0 Å². The summed E-state index contributed by atoms with van der Waals surface area (Å²) < 4.78 is 5.27. The van der Waals surface area contributed by atoms with Crippen LogP contribution in [0.2, 0.25) is 19.6 Å². The van der Waals surface area contributed by atoms with Crippen molar-refractivity contribution in [1.82, 2.24) is 0 Å². The van der Waals surface area contributed by atoms with Crippen molar-refractivity contribution in [2.24, 2.45) is 0 Å². The lowest BCUT2D eigenvalue weighted by molar-refractivity contribution is 0.613. The molecule has 0 amide bonds. The van der Waals surface area contributed by atoms with Crippen LogP contribution in [0, 0.1) is 0 Å². The molecule has 0 aliphatic rings. The van der Waals surface area contributed by atoms with E-state index in [-0.39, 0.29) is 0 Å². The van der Waals surface area contributed by atoms with E-state index < -0.39 is 17.4 Å². The van der Waals surface area contributed by atoms with E-state index in [1.807, 2.05) is 0 Å². The summed E-state index contributed by atoms with van der Waals surface area (Å²) in [6.07, 6.45) is 0. The maximum absolute atomic E-state index is 5.44. The van der Waals surface area contributed by atoms with Gasteiger partial charge >= 0.3 is 0 Å². The molecule has 1 nitrogen and oxygen atoms in total. The Kier molecular flexibility index (Phi) is 3.14. The van der Waals surface area contributed by atoms with E-state index in [4.69, 9.17) is 15.2 Å². The smallest absolute Gasteiger partial charge is 0.247 e. The normalized spacial score (nSPS) is 13.7. The number of rotatable bonds is 2. The van der Waals surface area contributed by atoms with Crippen molar-refractivity contribution >= 4 is 28.5 Å². The molecule has 44 valence electrons. The molecule has 4 heteroatoms. The summed E-state index contributed by atoms with van der Waals surface area (Å²) in [6, 6.07) is 0. The average Bonchev–Trinajstić information content (AvgIpc) is 1.30. The summed E-state index contributed by atoms with van der Waals surface area (Å²) in [7, 11) is -1.88. The van der Waals surface area contributed by atoms with Gasteiger partial charge in [-0.25, -0.2) is 0 Å². The summed E-state index contributed by atoms with van der Waals surface area (Å²) >= 11 is 5.44. The standard InChI is InChI=1S/C3H11ClOSi2/c1-7(2,3)5-6-4/h6H2,1-3H3. The van der Waals surface area contributed by atoms with Crippen LogP contribution < -0.4 is 0 Å². The van der Waals surface area contributed by atoms with Crippen molar-refractivity contribution < 1.29 is 4.12 Å². The molecule has 0 saturated carbocycles. The van der Waals surface area contributed by atoms with Crippen LogP contribution in [0.1, 0.15) is 0 Å². The lowest BCUT2D eigenvalue weighted by Crippen LogP contribution is -2.25. The molecule has 0 aromatic rings. The average molecular weight is 155 g/mol. The zero-order chi connectivity index (χ0) is 5.91. The van der Waals surface area contributed by atoms with Gasteiger partial charge in [0.05, 0.1) is 0 Å². The van der Waals surface area contributed by atoms with Gasteiger partial charge in [0, 0.05) is 0 Å². The van der Waals surface area contributed by atoms with E-state index in [0.29, 0.717) is 0 Å². The van der Waals surface area contributed by atoms with Gasteiger partial charge in [0.25, 0.3) is 0 Å². The molecule has 0 heterocycles. The van der Waals surface area contributed by atoms with Crippen LogP contribution in [0.5, 0.6) is 0 Å². The van der Waals surface area contributed by atoms with Gasteiger partial charge in [-0.1, -0.05) is 0 Å². The molecule has 0 bridgehead atoms. The molecule has 0 rings (SSSR count). The van der Waals surface area contributed by atoms with Crippen LogP contribution in [-0.4, -0.2) is 17.4 Å². The minimum atomic E-state index is -1.23. The molecule has 0 aromatic heterocycles. The fourth-order valence-electron chi connectivity index (χ4n) is 0.164. The third kappa shape index (κ3) is 6.68. The molecule has 0 aliphatic carbocycles. The van der Waals surface area contributed by atoms with Gasteiger partial charge in [-0.15, -0.1) is 11.1 Å². The minimum absolute atomic E-state index is 0.656. The number of hydrogen-bond acceptors (Lipinski definition) is 1. The second-order valence-corrected chi connectivity index (χ2v) is 8.62. The van der Waals surface area contributed by atoms with Crippen LogP contribution in [0.4, 0.5) is 0 Å². The third-order valence-corrected chi connectivity index (χ3v) is 5.37. The zero-order valence-electron chi connectivity index (χ0n) is 4.99. The van der Waals surface area contributed by atoms with E-state index in [1.54, 1.807) is 0 Å². The Labute approximate surface area is 52.8 Å². The van der Waals surface area contributed by atoms with Crippen molar-refractivity contribution in [2.75, 3.05) is 0 Å². The van der Waals surface area contributed by atoms with E-state index in [0.717, 1.165) is 0 Å². The Morgan fingerprint density at radius 3 is 1.86 bits per heavy atom. The van der Waals surface area contributed by atoms with Crippen molar-refractivity contribution in [2.45, 2.75) is 19.6 Å². The molecule has 7 heavy (non-hydrogen) atoms. The Morgan fingerprint density at radius 2 is 1.86 bits per heavy atom. The molecule has 0 aromatic carbocycles. The molecule has 0 radical (unpaired) electrons. The molecule has 0 aliphatic heterocycles. The lowest BCUT2D eigenvalue weighted by atomic mass is 11.8. The van der Waals surface area contributed by atoms with E-state index in [9.17, 15) is 0 Å². The summed E-state index contributed by atoms with van der Waals surface area (Å²) in [5.41, 5.74) is 0. The summed E-state index contributed by atoms with van der Waals surface area (Å²) in [4.78, 5) is 0. The van der Waals surface area contributed by atoms with Gasteiger partial charge in [-0.2, -0.15) is 0 Å². The molecular weight excluding hydrogens is 144 g/mol. The maximum Gasteiger partial charge on any atom is 0.247 e. The molecule has 0 saturated heterocycles. The number of halogens is 1. The highest BCUT2D eigenvalue weighted by Crippen LogP contribution is 2.00. The monoisotopic (exact) mass is 154 g/mol. The Hall–Kier alpha value is 0.684. The predicted molar refractivity (Wildman–Crippen MR) is 38.8 cm³/mol. The SMILES string of the molecule is C[Si](C)(C)O[SiH2]Cl. The van der Waals surface area contributed by atoms with Gasteiger partial charge in [0.1, 0.15) is 0 Å². The topological polar surface area (TPSA) is 9.23 Å². The summed E-state index contributed by atoms with van der Waals surface area (Å²) in [6.45, 7) is 6.42. The van der Waals surface area contributed by atoms with Gasteiger partial charge in [-0.05, 0) is 19.6 Å². The highest BCUT2D eigenvalue weighted by atomic mass is 35.6. The Balaban J connectivity index is 3.15. The van der Waals surface area contributed by atoms with Crippen molar-refractivity contribution in [3.05, 3.63) is 0 Å². The van der Waals surface area contributed by atoms with Gasteiger partial charge in [0.15, 0.2) is 8.32 Å². The molecule has 0 spiro atoms. The molecular formula is C3H11ClOSi2. The van der Waals surface area contributed by atoms with E-state index in [2.05, 4.69) is 19.6 Å². The molecule has 0 unspecified atom stereocenters. The van der Waals surface area contributed by atoms with Crippen LogP contribution in [0.25, 0.3) is 0 Å². The first-order valence-electron chi connectivity index (χ1n) is 2.26. The molecule has 0 fully saturated rings. The minimum Gasteiger partial charge on any atom is -0.449 e. The maximum atomic E-state index is 5.44. The zero-order valence-corrected chi connectivity index (χ0v) is 8.16. The fraction of sp³-hybridized carbons (Fsp3) is 1.00. The molecule has 0 atom stereocenters. The van der Waals surface area contributed by atoms with Gasteiger partial charge in [0.2, 0.25) is 9.07 Å². The van der Waals surface area contributed by atoms with Gasteiger partial charge in [-0.3, -0.25) is 0 Å². The fourth-order valence-corrected chi connectivity index (χ4v) is 4.42. The van der Waals surface area contributed by atoms with Crippen LogP contribution in [0.15, 0.2) is 0 Å². The van der Waals surface area contributed by atoms with Crippen LogP contribution in [-0.2, 0) is 4.12 Å². The van der Waals surface area contributed by atoms with Crippen LogP contribution >= 0.6 is 11.1 Å². The summed E-state index contributed by atoms with van der Waals surface area (Å²) in [5.74, 6) is 0. The lowest BCUT2D eigenvalue weighted by Gasteiger charge is -2.13. The number of hydrogen-bond donors (Lipinski definition) is 0. The quantitative estimate of drug-likeness (QED) is 0.427. The first-order chi connectivity index (χ1) is 3.06. The van der Waals surface area contributed by atoms with Crippen LogP contribution in [0.3, 0.4) is 0 Å². The predicted octanol–water partition coefficient (Wildman–Crippen LogP) is 1.08. The van der Waals surface area contributed by atoms with Crippen molar-refractivity contribution in [3.63, 3.8) is 0 Å². The Morgan fingerprint density at radius 1 is 1.43 bits per heavy atom. The first kappa shape index (κ1) is 7.68. The largest absolute Gasteiger partial charge is 0.449 e. The van der Waals surface area contributed by atoms with Crippen molar-refractivity contribution in [3.8, 4) is 0 Å².